The molecule has 0 amide bonds. The van der Waals surface area contributed by atoms with Crippen LogP contribution in [0.2, 0.25) is 0 Å². The zero-order chi connectivity index (χ0) is 18.0. The second kappa shape index (κ2) is 6.91. The Morgan fingerprint density at radius 3 is 2.08 bits per heavy atom. The van der Waals surface area contributed by atoms with Gasteiger partial charge in [0.2, 0.25) is 0 Å². The maximum Gasteiger partial charge on any atom is 0.303 e. The number of Topliss-reactive ketones (excluding diaryl/α,β-unsaturated/α-hetero) is 1. The summed E-state index contributed by atoms with van der Waals surface area (Å²) in [7, 11) is 0. The van der Waals surface area contributed by atoms with Crippen molar-refractivity contribution in [2.75, 3.05) is 0 Å². The van der Waals surface area contributed by atoms with Crippen molar-refractivity contribution < 1.29 is 24.9 Å². The van der Waals surface area contributed by atoms with Gasteiger partial charge in [-0.05, 0) is 56.4 Å². The van der Waals surface area contributed by atoms with Gasteiger partial charge in [0.15, 0.2) is 5.78 Å². The van der Waals surface area contributed by atoms with Crippen LogP contribution in [0.15, 0.2) is 12.1 Å². The predicted octanol–water partition coefficient (Wildman–Crippen LogP) is 4.00. The molecule has 0 atom stereocenters. The molecule has 2 rings (SSSR count). The monoisotopic (exact) mass is 330 g/mol. The Morgan fingerprint density at radius 1 is 0.875 bits per heavy atom. The molecule has 2 aromatic rings. The number of rotatable bonds is 6. The van der Waals surface area contributed by atoms with Crippen LogP contribution in [0.3, 0.4) is 0 Å². The lowest BCUT2D eigenvalue weighted by Crippen LogP contribution is -2.04. The molecule has 0 bridgehead atoms. The molecule has 0 aliphatic carbocycles. The summed E-state index contributed by atoms with van der Waals surface area (Å²) in [5.74, 6) is -0.755. The fraction of sp³-hybridized carbons (Fsp3) is 0.368. The van der Waals surface area contributed by atoms with Crippen LogP contribution in [0.4, 0.5) is 0 Å². The third kappa shape index (κ3) is 3.20. The van der Waals surface area contributed by atoms with Crippen molar-refractivity contribution >= 4 is 22.5 Å². The molecule has 0 aromatic heterocycles. The van der Waals surface area contributed by atoms with E-state index in [4.69, 9.17) is 5.11 Å². The van der Waals surface area contributed by atoms with Crippen molar-refractivity contribution in [2.24, 2.45) is 0 Å². The Kier molecular flexibility index (Phi) is 5.12. The van der Waals surface area contributed by atoms with E-state index in [1.165, 1.54) is 0 Å². The second-order valence-corrected chi connectivity index (χ2v) is 6.13. The summed E-state index contributed by atoms with van der Waals surface area (Å²) in [4.78, 5) is 22.9. The maximum atomic E-state index is 12.4. The highest BCUT2D eigenvalue weighted by Crippen LogP contribution is 2.41. The maximum absolute atomic E-state index is 12.4. The van der Waals surface area contributed by atoms with E-state index >= 15 is 0 Å². The number of phenolic OH excluding ortho intramolecular Hbond substituents is 2. The molecule has 0 saturated heterocycles. The SMILES string of the molecule is Cc1c(C)c(O)c2c(C)c(C(=O)CCCCC(=O)O)ccc2c1O. The van der Waals surface area contributed by atoms with Crippen molar-refractivity contribution in [1.82, 2.24) is 0 Å². The van der Waals surface area contributed by atoms with E-state index in [0.717, 1.165) is 0 Å². The van der Waals surface area contributed by atoms with Gasteiger partial charge in [-0.15, -0.1) is 0 Å². The van der Waals surface area contributed by atoms with Crippen molar-refractivity contribution in [2.45, 2.75) is 46.5 Å². The number of aromatic hydroxyl groups is 2. The molecule has 128 valence electrons. The molecule has 0 spiro atoms. The van der Waals surface area contributed by atoms with Gasteiger partial charge >= 0.3 is 5.97 Å². The number of aliphatic carboxylic acids is 1. The lowest BCUT2D eigenvalue weighted by molar-refractivity contribution is -0.137. The number of phenols is 2. The molecule has 0 fully saturated rings. The Labute approximate surface area is 140 Å². The van der Waals surface area contributed by atoms with Crippen molar-refractivity contribution in [3.8, 4) is 11.5 Å². The van der Waals surface area contributed by atoms with E-state index in [2.05, 4.69) is 0 Å². The highest BCUT2D eigenvalue weighted by Gasteiger charge is 2.19. The van der Waals surface area contributed by atoms with Gasteiger partial charge in [0, 0.05) is 29.2 Å². The topological polar surface area (TPSA) is 94.8 Å². The number of hydrogen-bond donors (Lipinski definition) is 3. The van der Waals surface area contributed by atoms with Crippen LogP contribution in [0.5, 0.6) is 11.5 Å². The first-order valence-electron chi connectivity index (χ1n) is 7.95. The van der Waals surface area contributed by atoms with E-state index in [1.54, 1.807) is 32.9 Å². The Balaban J connectivity index is 2.38. The number of unbranched alkanes of at least 4 members (excludes halogenated alkanes) is 1. The fourth-order valence-electron chi connectivity index (χ4n) is 2.96. The summed E-state index contributed by atoms with van der Waals surface area (Å²) in [5.41, 5.74) is 2.34. The van der Waals surface area contributed by atoms with Gasteiger partial charge in [-0.25, -0.2) is 0 Å². The van der Waals surface area contributed by atoms with Gasteiger partial charge in [0.1, 0.15) is 11.5 Å². The Bertz CT molecular complexity index is 821. The molecule has 0 radical (unpaired) electrons. The third-order valence-electron chi connectivity index (χ3n) is 4.57. The van der Waals surface area contributed by atoms with Gasteiger partial charge in [-0.2, -0.15) is 0 Å². The number of fused-ring (bicyclic) bond motifs is 1. The number of hydrogen-bond acceptors (Lipinski definition) is 4. The number of carboxylic acids is 1. The van der Waals surface area contributed by atoms with Crippen LogP contribution in [-0.4, -0.2) is 27.1 Å². The van der Waals surface area contributed by atoms with Crippen LogP contribution in [0.25, 0.3) is 10.8 Å². The van der Waals surface area contributed by atoms with Crippen LogP contribution in [-0.2, 0) is 4.79 Å². The normalized spacial score (nSPS) is 11.0. The molecule has 0 aliphatic heterocycles. The molecule has 0 aliphatic rings. The van der Waals surface area contributed by atoms with Crippen molar-refractivity contribution in [1.29, 1.82) is 0 Å². The van der Waals surface area contributed by atoms with E-state index in [-0.39, 0.29) is 30.1 Å². The summed E-state index contributed by atoms with van der Waals surface area (Å²) in [6, 6.07) is 3.30. The lowest BCUT2D eigenvalue weighted by Gasteiger charge is -2.15. The van der Waals surface area contributed by atoms with E-state index in [1.807, 2.05) is 0 Å². The average molecular weight is 330 g/mol. The quantitative estimate of drug-likeness (QED) is 0.423. The van der Waals surface area contributed by atoms with E-state index in [0.29, 0.717) is 45.9 Å². The van der Waals surface area contributed by atoms with Crippen molar-refractivity contribution in [3.63, 3.8) is 0 Å². The predicted molar refractivity (Wildman–Crippen MR) is 91.9 cm³/mol. The van der Waals surface area contributed by atoms with Crippen LogP contribution in [0.1, 0.15) is 52.7 Å². The number of carbonyl (C=O) groups excluding carboxylic acids is 1. The summed E-state index contributed by atoms with van der Waals surface area (Å²) in [6.45, 7) is 5.21. The molecule has 0 saturated carbocycles. The lowest BCUT2D eigenvalue weighted by atomic mass is 9.91. The third-order valence-corrected chi connectivity index (χ3v) is 4.57. The van der Waals surface area contributed by atoms with Gasteiger partial charge in [0.05, 0.1) is 0 Å². The Hall–Kier alpha value is -2.56. The first kappa shape index (κ1) is 17.8. The first-order chi connectivity index (χ1) is 11.3. The number of carbonyl (C=O) groups is 2. The van der Waals surface area contributed by atoms with Crippen LogP contribution >= 0.6 is 0 Å². The standard InChI is InChI=1S/C19H22O5/c1-10-11(2)19(24)17-12(3)13(8-9-14(17)18(10)23)15(20)6-4-5-7-16(21)22/h8-9,23-24H,4-7H2,1-3H3,(H,21,22). The average Bonchev–Trinajstić information content (AvgIpc) is 2.54. The molecule has 0 heterocycles. The molecule has 5 nitrogen and oxygen atoms in total. The highest BCUT2D eigenvalue weighted by atomic mass is 16.4. The fourth-order valence-corrected chi connectivity index (χ4v) is 2.96. The van der Waals surface area contributed by atoms with Crippen molar-refractivity contribution in [3.05, 3.63) is 34.4 Å². The molecular weight excluding hydrogens is 308 g/mol. The summed E-state index contributed by atoms with van der Waals surface area (Å²) in [6.07, 6.45) is 1.28. The molecule has 24 heavy (non-hydrogen) atoms. The van der Waals surface area contributed by atoms with Crippen LogP contribution < -0.4 is 0 Å². The molecule has 0 unspecified atom stereocenters. The molecule has 3 N–H and O–H groups in total. The summed E-state index contributed by atoms with van der Waals surface area (Å²) >= 11 is 0. The zero-order valence-electron chi connectivity index (χ0n) is 14.1. The highest BCUT2D eigenvalue weighted by molar-refractivity contribution is 6.06. The number of carboxylic acid groups (broad SMARTS) is 1. The largest absolute Gasteiger partial charge is 0.507 e. The molecule has 2 aromatic carbocycles. The van der Waals surface area contributed by atoms with Gasteiger partial charge in [0.25, 0.3) is 0 Å². The van der Waals surface area contributed by atoms with Gasteiger partial charge in [-0.1, -0.05) is 6.07 Å². The van der Waals surface area contributed by atoms with E-state index in [9.17, 15) is 19.8 Å². The van der Waals surface area contributed by atoms with Crippen LogP contribution in [0, 0.1) is 20.8 Å². The molecule has 5 heteroatoms. The minimum Gasteiger partial charge on any atom is -0.507 e. The Morgan fingerprint density at radius 2 is 1.46 bits per heavy atom. The number of aryl methyl sites for hydroxylation is 1. The summed E-state index contributed by atoms with van der Waals surface area (Å²) < 4.78 is 0. The summed E-state index contributed by atoms with van der Waals surface area (Å²) in [5, 5.41) is 30.4. The zero-order valence-corrected chi connectivity index (χ0v) is 14.1. The minimum absolute atomic E-state index is 0.0527. The minimum atomic E-state index is -0.865. The number of benzene rings is 2. The smallest absolute Gasteiger partial charge is 0.303 e. The van der Waals surface area contributed by atoms with E-state index < -0.39 is 5.97 Å². The molecular formula is C19H22O5. The first-order valence-corrected chi connectivity index (χ1v) is 7.95. The number of ketones is 1. The van der Waals surface area contributed by atoms with Gasteiger partial charge in [-0.3, -0.25) is 9.59 Å². The second-order valence-electron chi connectivity index (χ2n) is 6.13. The van der Waals surface area contributed by atoms with Gasteiger partial charge < -0.3 is 15.3 Å².